The molecule has 98 valence electrons. The van der Waals surface area contributed by atoms with Gasteiger partial charge in [-0.15, -0.1) is 0 Å². The van der Waals surface area contributed by atoms with Gasteiger partial charge in [-0.1, -0.05) is 0 Å². The first-order valence-electron chi connectivity index (χ1n) is 6.18. The van der Waals surface area contributed by atoms with Crippen molar-refractivity contribution in [3.63, 3.8) is 0 Å². The van der Waals surface area contributed by atoms with Crippen LogP contribution in [-0.4, -0.2) is 38.7 Å². The fourth-order valence-electron chi connectivity index (χ4n) is 2.26. The topological polar surface area (TPSA) is 86.8 Å². The second kappa shape index (κ2) is 5.05. The molecule has 0 saturated carbocycles. The summed E-state index contributed by atoms with van der Waals surface area (Å²) >= 11 is 0. The minimum absolute atomic E-state index is 0.0497. The summed E-state index contributed by atoms with van der Waals surface area (Å²) in [7, 11) is 0. The molecule has 1 aliphatic rings. The molecule has 3 heterocycles. The normalized spacial score (nSPS) is 18.5. The van der Waals surface area contributed by atoms with Crippen molar-refractivity contribution >= 4 is 17.5 Å². The van der Waals surface area contributed by atoms with Gasteiger partial charge in [0.15, 0.2) is 0 Å². The standard InChI is InChI=1S/C12H14N6O/c19-11(17-9-7-15-16-8-9)10-3-1-6-18(10)12-13-4-2-5-14-12/h2,4-5,7-8,10H,1,3,6H2,(H,15,16)(H,17,19). The minimum Gasteiger partial charge on any atom is -0.329 e. The summed E-state index contributed by atoms with van der Waals surface area (Å²) in [5.41, 5.74) is 0.672. The van der Waals surface area contributed by atoms with E-state index in [0.717, 1.165) is 19.4 Å². The van der Waals surface area contributed by atoms with Crippen molar-refractivity contribution < 1.29 is 4.79 Å². The third-order valence-corrected chi connectivity index (χ3v) is 3.13. The van der Waals surface area contributed by atoms with Gasteiger partial charge in [0.05, 0.1) is 11.9 Å². The Morgan fingerprint density at radius 3 is 3.00 bits per heavy atom. The SMILES string of the molecule is O=C(Nc1cn[nH]c1)C1CCCN1c1ncccn1. The Kier molecular flexibility index (Phi) is 3.09. The van der Waals surface area contributed by atoms with Crippen LogP contribution in [0.1, 0.15) is 12.8 Å². The maximum absolute atomic E-state index is 12.2. The van der Waals surface area contributed by atoms with E-state index in [1.54, 1.807) is 30.9 Å². The number of amides is 1. The Morgan fingerprint density at radius 1 is 1.42 bits per heavy atom. The molecule has 0 bridgehead atoms. The van der Waals surface area contributed by atoms with Gasteiger partial charge in [0.1, 0.15) is 6.04 Å². The number of aromatic amines is 1. The van der Waals surface area contributed by atoms with Gasteiger partial charge in [0.2, 0.25) is 11.9 Å². The summed E-state index contributed by atoms with van der Waals surface area (Å²) < 4.78 is 0. The molecule has 1 atom stereocenters. The number of hydrogen-bond acceptors (Lipinski definition) is 5. The van der Waals surface area contributed by atoms with Crippen LogP contribution in [0.4, 0.5) is 11.6 Å². The van der Waals surface area contributed by atoms with E-state index in [1.165, 1.54) is 0 Å². The van der Waals surface area contributed by atoms with Crippen LogP contribution in [0, 0.1) is 0 Å². The van der Waals surface area contributed by atoms with Gasteiger partial charge in [-0.2, -0.15) is 5.10 Å². The molecule has 1 aliphatic heterocycles. The highest BCUT2D eigenvalue weighted by atomic mass is 16.2. The molecule has 2 aromatic rings. The molecule has 0 aliphatic carbocycles. The van der Waals surface area contributed by atoms with Crippen LogP contribution in [0.15, 0.2) is 30.9 Å². The lowest BCUT2D eigenvalue weighted by Crippen LogP contribution is -2.40. The number of rotatable bonds is 3. The Labute approximate surface area is 110 Å². The van der Waals surface area contributed by atoms with Crippen LogP contribution in [0.5, 0.6) is 0 Å². The van der Waals surface area contributed by atoms with E-state index < -0.39 is 0 Å². The number of H-pyrrole nitrogens is 1. The zero-order valence-corrected chi connectivity index (χ0v) is 10.3. The van der Waals surface area contributed by atoms with Crippen molar-refractivity contribution in [3.8, 4) is 0 Å². The zero-order valence-electron chi connectivity index (χ0n) is 10.3. The van der Waals surface area contributed by atoms with Crippen LogP contribution >= 0.6 is 0 Å². The fraction of sp³-hybridized carbons (Fsp3) is 0.333. The van der Waals surface area contributed by atoms with Gasteiger partial charge >= 0.3 is 0 Å². The van der Waals surface area contributed by atoms with Crippen LogP contribution in [0.2, 0.25) is 0 Å². The summed E-state index contributed by atoms with van der Waals surface area (Å²) in [5, 5.41) is 9.30. The Hall–Kier alpha value is -2.44. The first-order chi connectivity index (χ1) is 9.34. The van der Waals surface area contributed by atoms with Crippen LogP contribution < -0.4 is 10.2 Å². The van der Waals surface area contributed by atoms with E-state index in [9.17, 15) is 4.79 Å². The Bertz CT molecular complexity index is 541. The lowest BCUT2D eigenvalue weighted by Gasteiger charge is -2.23. The highest BCUT2D eigenvalue weighted by Crippen LogP contribution is 2.22. The second-order valence-electron chi connectivity index (χ2n) is 4.38. The minimum atomic E-state index is -0.225. The maximum Gasteiger partial charge on any atom is 0.247 e. The van der Waals surface area contributed by atoms with Gasteiger partial charge in [-0.25, -0.2) is 9.97 Å². The van der Waals surface area contributed by atoms with Crippen LogP contribution in [0.25, 0.3) is 0 Å². The smallest absolute Gasteiger partial charge is 0.247 e. The van der Waals surface area contributed by atoms with E-state index in [2.05, 4.69) is 25.5 Å². The number of carbonyl (C=O) groups is 1. The highest BCUT2D eigenvalue weighted by Gasteiger charge is 2.32. The molecular weight excluding hydrogens is 244 g/mol. The summed E-state index contributed by atoms with van der Waals surface area (Å²) in [4.78, 5) is 22.6. The van der Waals surface area contributed by atoms with Crippen molar-refractivity contribution in [1.82, 2.24) is 20.2 Å². The van der Waals surface area contributed by atoms with E-state index in [-0.39, 0.29) is 11.9 Å². The number of carbonyl (C=O) groups excluding carboxylic acids is 1. The largest absolute Gasteiger partial charge is 0.329 e. The van der Waals surface area contributed by atoms with Crippen molar-refractivity contribution in [1.29, 1.82) is 0 Å². The zero-order chi connectivity index (χ0) is 13.1. The summed E-state index contributed by atoms with van der Waals surface area (Å²) in [6.07, 6.45) is 8.37. The summed E-state index contributed by atoms with van der Waals surface area (Å²) in [6, 6.07) is 1.54. The average molecular weight is 258 g/mol. The number of aromatic nitrogens is 4. The molecule has 2 aromatic heterocycles. The van der Waals surface area contributed by atoms with E-state index in [0.29, 0.717) is 11.6 Å². The fourth-order valence-corrected chi connectivity index (χ4v) is 2.26. The Morgan fingerprint density at radius 2 is 2.26 bits per heavy atom. The number of hydrogen-bond donors (Lipinski definition) is 2. The predicted octanol–water partition coefficient (Wildman–Crippen LogP) is 0.807. The van der Waals surface area contributed by atoms with E-state index in [4.69, 9.17) is 0 Å². The lowest BCUT2D eigenvalue weighted by molar-refractivity contribution is -0.117. The predicted molar refractivity (Wildman–Crippen MR) is 69.6 cm³/mol. The first kappa shape index (κ1) is 11.6. The van der Waals surface area contributed by atoms with Crippen LogP contribution in [-0.2, 0) is 4.79 Å². The molecular formula is C12H14N6O. The number of nitrogens with one attached hydrogen (secondary N) is 2. The molecule has 7 heteroatoms. The van der Waals surface area contributed by atoms with Crippen molar-refractivity contribution in [2.45, 2.75) is 18.9 Å². The molecule has 0 radical (unpaired) electrons. The van der Waals surface area contributed by atoms with Crippen molar-refractivity contribution in [2.75, 3.05) is 16.8 Å². The lowest BCUT2D eigenvalue weighted by atomic mass is 10.2. The average Bonchev–Trinajstić information content (AvgIpc) is 3.10. The van der Waals surface area contributed by atoms with Gasteiger partial charge in [-0.05, 0) is 18.9 Å². The van der Waals surface area contributed by atoms with Gasteiger partial charge in [0.25, 0.3) is 0 Å². The first-order valence-corrected chi connectivity index (χ1v) is 6.18. The van der Waals surface area contributed by atoms with E-state index in [1.807, 2.05) is 4.90 Å². The Balaban J connectivity index is 1.74. The van der Waals surface area contributed by atoms with Crippen LogP contribution in [0.3, 0.4) is 0 Å². The third kappa shape index (κ3) is 2.40. The molecule has 3 rings (SSSR count). The monoisotopic (exact) mass is 258 g/mol. The molecule has 0 aromatic carbocycles. The molecule has 1 fully saturated rings. The quantitative estimate of drug-likeness (QED) is 0.850. The van der Waals surface area contributed by atoms with Crippen molar-refractivity contribution in [3.05, 3.63) is 30.9 Å². The van der Waals surface area contributed by atoms with E-state index >= 15 is 0 Å². The second-order valence-corrected chi connectivity index (χ2v) is 4.38. The third-order valence-electron chi connectivity index (χ3n) is 3.13. The molecule has 2 N–H and O–H groups in total. The summed E-state index contributed by atoms with van der Waals surface area (Å²) in [6.45, 7) is 0.799. The molecule has 0 spiro atoms. The van der Waals surface area contributed by atoms with Gasteiger partial charge in [-0.3, -0.25) is 9.89 Å². The van der Waals surface area contributed by atoms with Gasteiger partial charge in [0, 0.05) is 25.1 Å². The highest BCUT2D eigenvalue weighted by molar-refractivity contribution is 5.96. The van der Waals surface area contributed by atoms with Crippen molar-refractivity contribution in [2.24, 2.45) is 0 Å². The number of nitrogens with zero attached hydrogens (tertiary/aromatic N) is 4. The molecule has 7 nitrogen and oxygen atoms in total. The van der Waals surface area contributed by atoms with Gasteiger partial charge < -0.3 is 10.2 Å². The molecule has 1 unspecified atom stereocenters. The molecule has 19 heavy (non-hydrogen) atoms. The maximum atomic E-state index is 12.2. The molecule has 1 amide bonds. The molecule has 1 saturated heterocycles. The summed E-state index contributed by atoms with van der Waals surface area (Å²) in [5.74, 6) is 0.554. The number of anilines is 2.